The number of aliphatic hydroxyl groups is 4. The molecule has 0 aliphatic rings. The fraction of sp³-hybridized carbons (Fsp3) is 1.00. The van der Waals surface area contributed by atoms with Crippen LogP contribution in [0.15, 0.2) is 0 Å². The summed E-state index contributed by atoms with van der Waals surface area (Å²) in [7, 11) is -9.08. The standard InChI is InChI=1S/2C2H6O5S.C2H6O2.ClHO3S.2Li.H2O/c2*3-1-2-7-8(4,5)6;3-1-2-4;1-5(2,3)4;;;/h2*3H,1-2H2,(H,4,5,6);3-4H,1-2H2;(H,2,3,4);;;1H2/q;;;;2*+1;/p-2. The summed E-state index contributed by atoms with van der Waals surface area (Å²) in [6.07, 6.45) is 0. The van der Waals surface area contributed by atoms with E-state index in [2.05, 4.69) is 19.0 Å². The molecule has 0 fully saturated rings. The zero-order chi connectivity index (χ0) is 21.2. The van der Waals surface area contributed by atoms with Gasteiger partial charge in [0.05, 0.1) is 39.6 Å². The summed E-state index contributed by atoms with van der Waals surface area (Å²) >= 11 is 0. The van der Waals surface area contributed by atoms with Crippen LogP contribution in [0.5, 0.6) is 0 Å². The van der Waals surface area contributed by atoms with Gasteiger partial charge in [0.1, 0.15) is 0 Å². The summed E-state index contributed by atoms with van der Waals surface area (Å²) in [5, 5.41) is 31.1. The van der Waals surface area contributed by atoms with E-state index in [1.165, 1.54) is 0 Å². The zero-order valence-electron chi connectivity index (χ0n) is 14.7. The fourth-order valence-electron chi connectivity index (χ4n) is 0.282. The van der Waals surface area contributed by atoms with Gasteiger partial charge in [0.2, 0.25) is 10.4 Å². The molecule has 0 amide bonds. The van der Waals surface area contributed by atoms with Crippen molar-refractivity contribution < 1.29 is 111 Å². The van der Waals surface area contributed by atoms with Gasteiger partial charge in [-0.05, 0) is 0 Å². The first kappa shape index (κ1) is 46.9. The van der Waals surface area contributed by atoms with Crippen LogP contribution >= 0.6 is 10.7 Å². The molecule has 7 N–H and O–H groups in total. The Morgan fingerprint density at radius 1 is 0.714 bits per heavy atom. The first-order chi connectivity index (χ1) is 11.0. The minimum atomic E-state index is -4.60. The first-order valence-electron chi connectivity index (χ1n) is 5.36. The van der Waals surface area contributed by atoms with Crippen molar-refractivity contribution in [3.63, 3.8) is 0 Å². The topological polar surface area (TPSA) is 295 Å². The van der Waals surface area contributed by atoms with Crippen LogP contribution in [0.2, 0.25) is 0 Å². The minimum Gasteiger partial charge on any atom is -0.870 e. The van der Waals surface area contributed by atoms with Crippen LogP contribution in [0.4, 0.5) is 0 Å². The zero-order valence-corrected chi connectivity index (χ0v) is 17.9. The molecule has 0 unspecified atom stereocenters. The van der Waals surface area contributed by atoms with E-state index in [-0.39, 0.29) is 56.4 Å². The molecule has 0 aliphatic carbocycles. The average Bonchev–Trinajstić information content (AvgIpc) is 2.40. The summed E-state index contributed by atoms with van der Waals surface area (Å²) in [5.74, 6) is 0. The van der Waals surface area contributed by atoms with Crippen LogP contribution in [0.3, 0.4) is 0 Å². The molecule has 166 valence electrons. The molecule has 0 aromatic carbocycles. The first-order valence-corrected chi connectivity index (χ1v) is 10.3. The Balaban J connectivity index is -0.0000000420. The predicted octanol–water partition coefficient (Wildman–Crippen LogP) is -9.92. The molecule has 0 spiro atoms. The molecule has 0 atom stereocenters. The van der Waals surface area contributed by atoms with E-state index in [0.717, 1.165) is 0 Å². The molecule has 0 aliphatic heterocycles. The smallest absolute Gasteiger partial charge is 0.870 e. The molecule has 28 heavy (non-hydrogen) atoms. The molecule has 0 aromatic heterocycles. The third kappa shape index (κ3) is 127. The third-order valence-electron chi connectivity index (χ3n) is 0.743. The fourth-order valence-corrected chi connectivity index (χ4v) is 0.846. The number of hydrogen-bond acceptors (Lipinski definition) is 14. The van der Waals surface area contributed by atoms with Crippen LogP contribution < -0.4 is 37.7 Å². The number of halogens is 1. The Hall–Kier alpha value is 0.935. The predicted molar refractivity (Wildman–Crippen MR) is 80.8 cm³/mol. The van der Waals surface area contributed by atoms with Gasteiger partial charge in [-0.15, -0.1) is 0 Å². The molecule has 0 bridgehead atoms. The Bertz CT molecular complexity index is 532. The second-order valence-corrected chi connectivity index (χ2v) is 6.92. The summed E-state index contributed by atoms with van der Waals surface area (Å²) in [6, 6.07) is 0. The van der Waals surface area contributed by atoms with E-state index in [1.807, 2.05) is 0 Å². The van der Waals surface area contributed by atoms with Crippen molar-refractivity contribution >= 4 is 40.8 Å². The van der Waals surface area contributed by atoms with Gasteiger partial charge >= 0.3 is 57.5 Å². The molecule has 0 saturated carbocycles. The molecular weight excluding hydrogens is 474 g/mol. The summed E-state index contributed by atoms with van der Waals surface area (Å²) in [6.45, 7) is -2.02. The Kier molecular flexibility index (Phi) is 46.8. The summed E-state index contributed by atoms with van der Waals surface area (Å²) in [4.78, 5) is 0. The van der Waals surface area contributed by atoms with Crippen LogP contribution in [0, 0.1) is 0 Å². The molecule has 0 saturated heterocycles. The quantitative estimate of drug-likeness (QED) is 0.0831. The van der Waals surface area contributed by atoms with Gasteiger partial charge in [-0.25, -0.2) is 12.6 Å². The van der Waals surface area contributed by atoms with Crippen LogP contribution in [-0.2, 0) is 38.5 Å². The van der Waals surface area contributed by atoms with E-state index in [9.17, 15) is 21.4 Å². The largest absolute Gasteiger partial charge is 1.00 e. The van der Waals surface area contributed by atoms with Crippen molar-refractivity contribution in [2.75, 3.05) is 39.6 Å². The number of rotatable bonds is 7. The van der Waals surface area contributed by atoms with Crippen LogP contribution in [-0.4, -0.2) is 104 Å². The van der Waals surface area contributed by atoms with E-state index in [1.54, 1.807) is 0 Å². The third-order valence-corrected chi connectivity index (χ3v) is 1.66. The Morgan fingerprint density at radius 3 is 1.04 bits per heavy atom. The maximum absolute atomic E-state index is 9.61. The van der Waals surface area contributed by atoms with Crippen LogP contribution in [0.1, 0.15) is 0 Å². The van der Waals surface area contributed by atoms with Gasteiger partial charge in [-0.3, -0.25) is 13.3 Å². The van der Waals surface area contributed by atoms with Gasteiger partial charge in [0.25, 0.3) is 0 Å². The van der Waals surface area contributed by atoms with Gasteiger partial charge < -0.3 is 30.5 Å². The molecule has 0 heterocycles. The average molecular weight is 493 g/mol. The number of aliphatic hydroxyl groups excluding tert-OH is 4. The van der Waals surface area contributed by atoms with E-state index >= 15 is 0 Å². The maximum Gasteiger partial charge on any atom is 1.00 e. The van der Waals surface area contributed by atoms with Crippen LogP contribution in [0.25, 0.3) is 0 Å². The minimum absolute atomic E-state index is 0. The summed E-state index contributed by atoms with van der Waals surface area (Å²) in [5.41, 5.74) is 0. The van der Waals surface area contributed by atoms with E-state index in [4.69, 9.17) is 37.9 Å². The van der Waals surface area contributed by atoms with Gasteiger partial charge in [0, 0.05) is 10.7 Å². The maximum atomic E-state index is 9.61. The van der Waals surface area contributed by atoms with Crippen molar-refractivity contribution in [1.29, 1.82) is 0 Å². The molecular formula is C6H19ClLi2O16S3. The van der Waals surface area contributed by atoms with Crippen molar-refractivity contribution in [2.24, 2.45) is 0 Å². The van der Waals surface area contributed by atoms with Crippen molar-refractivity contribution in [3.05, 3.63) is 0 Å². The normalized spacial score (nSPS) is 9.86. The SMILES string of the molecule is O=S(=O)(O)Cl.O=S(=O)(O)OCCO.O=S(=O)([O-])OCCO.OCCO.[Li+].[Li+].[OH-]. The molecule has 0 radical (unpaired) electrons. The molecule has 16 nitrogen and oxygen atoms in total. The second-order valence-electron chi connectivity index (χ2n) is 2.79. The Morgan fingerprint density at radius 2 is 0.964 bits per heavy atom. The Labute approximate surface area is 190 Å². The molecule has 0 rings (SSSR count). The number of hydrogen-bond donors (Lipinski definition) is 6. The van der Waals surface area contributed by atoms with Crippen molar-refractivity contribution in [2.45, 2.75) is 0 Å². The van der Waals surface area contributed by atoms with E-state index < -0.39 is 56.6 Å². The molecule has 22 heteroatoms. The van der Waals surface area contributed by atoms with Gasteiger partial charge in [0.15, 0.2) is 0 Å². The van der Waals surface area contributed by atoms with Gasteiger partial charge in [-0.1, -0.05) is 0 Å². The van der Waals surface area contributed by atoms with E-state index in [0.29, 0.717) is 0 Å². The van der Waals surface area contributed by atoms with Gasteiger partial charge in [-0.2, -0.15) is 16.8 Å². The second kappa shape index (κ2) is 27.9. The van der Waals surface area contributed by atoms with Crippen molar-refractivity contribution in [1.82, 2.24) is 0 Å². The monoisotopic (exact) mass is 492 g/mol. The molecule has 0 aromatic rings. The summed E-state index contributed by atoms with van der Waals surface area (Å²) < 4.78 is 87.9. The van der Waals surface area contributed by atoms with Crippen molar-refractivity contribution in [3.8, 4) is 0 Å².